The van der Waals surface area contributed by atoms with Crippen molar-refractivity contribution < 1.29 is 13.9 Å². The molecule has 4 rings (SSSR count). The van der Waals surface area contributed by atoms with Gasteiger partial charge in [0.05, 0.1) is 10.0 Å². The van der Waals surface area contributed by atoms with E-state index >= 15 is 0 Å². The van der Waals surface area contributed by atoms with Crippen molar-refractivity contribution >= 4 is 45.9 Å². The predicted octanol–water partition coefficient (Wildman–Crippen LogP) is 5.20. The minimum Gasteiger partial charge on any atom is -0.490 e. The molecule has 1 aromatic heterocycles. The minimum absolute atomic E-state index is 0.0533. The van der Waals surface area contributed by atoms with Gasteiger partial charge in [-0.1, -0.05) is 29.3 Å². The first-order chi connectivity index (χ1) is 15.8. The largest absolute Gasteiger partial charge is 0.490 e. The Bertz CT molecular complexity index is 1240. The second-order valence-corrected chi connectivity index (χ2v) is 9.05. The fourth-order valence-corrected chi connectivity index (χ4v) is 4.12. The van der Waals surface area contributed by atoms with E-state index in [9.17, 15) is 9.59 Å². The molecule has 0 aliphatic carbocycles. The quantitative estimate of drug-likeness (QED) is 0.481. The van der Waals surface area contributed by atoms with Crippen LogP contribution in [-0.4, -0.2) is 37.2 Å². The third kappa shape index (κ3) is 5.61. The number of hydrogen-bond donors (Lipinski definition) is 2. The van der Waals surface area contributed by atoms with Crippen LogP contribution in [0.15, 0.2) is 45.6 Å². The Kier molecular flexibility index (Phi) is 7.12. The highest BCUT2D eigenvalue weighted by Gasteiger charge is 2.20. The number of halogens is 2. The topological polar surface area (TPSA) is 83.8 Å². The summed E-state index contributed by atoms with van der Waals surface area (Å²) < 4.78 is 11.7. The molecule has 1 fully saturated rings. The van der Waals surface area contributed by atoms with Gasteiger partial charge in [0.15, 0.2) is 0 Å². The van der Waals surface area contributed by atoms with Crippen molar-refractivity contribution in [1.29, 1.82) is 0 Å². The maximum Gasteiger partial charge on any atom is 0.360 e. The number of likely N-dealkylation sites (tertiary alicyclic amines) is 1. The number of carbonyl (C=O) groups is 1. The number of fused-ring (bicyclic) bond motifs is 1. The molecule has 0 saturated carbocycles. The molecule has 1 aliphatic heterocycles. The predicted molar refractivity (Wildman–Crippen MR) is 131 cm³/mol. The number of aryl methyl sites for hydroxylation is 1. The molecule has 33 heavy (non-hydrogen) atoms. The van der Waals surface area contributed by atoms with Gasteiger partial charge in [0.1, 0.15) is 23.1 Å². The summed E-state index contributed by atoms with van der Waals surface area (Å²) in [6, 6.07) is 9.86. The van der Waals surface area contributed by atoms with E-state index in [0.29, 0.717) is 26.8 Å². The van der Waals surface area contributed by atoms with E-state index in [1.807, 2.05) is 19.1 Å². The first kappa shape index (κ1) is 23.4. The lowest BCUT2D eigenvalue weighted by molar-refractivity contribution is 0.113. The van der Waals surface area contributed by atoms with Gasteiger partial charge in [-0.05, 0) is 62.7 Å². The average molecular weight is 490 g/mol. The van der Waals surface area contributed by atoms with Crippen LogP contribution in [0.3, 0.4) is 0 Å². The van der Waals surface area contributed by atoms with E-state index < -0.39 is 11.7 Å². The number of nitrogens with one attached hydrogen (secondary N) is 2. The molecule has 0 atom stereocenters. The summed E-state index contributed by atoms with van der Waals surface area (Å²) in [6.45, 7) is 4.08. The standard InChI is InChI=1S/C24H25Cl2N3O4/c1-14-21(32-17-7-9-29(2)10-8-17)6-4-16-12-20(23(30)33-22(14)16)28-24(31)27-13-15-3-5-18(25)19(26)11-15/h3-6,11-12,17H,7-10,13H2,1-2H3,(H2,27,28,31). The second kappa shape index (κ2) is 10.0. The molecule has 2 amide bonds. The molecule has 174 valence electrons. The van der Waals surface area contributed by atoms with Crippen LogP contribution in [0.25, 0.3) is 11.0 Å². The van der Waals surface area contributed by atoms with E-state index in [1.54, 1.807) is 24.3 Å². The Morgan fingerprint density at radius 2 is 1.91 bits per heavy atom. The normalized spacial score (nSPS) is 14.9. The number of benzene rings is 2. The summed E-state index contributed by atoms with van der Waals surface area (Å²) in [5, 5.41) is 6.77. The maximum absolute atomic E-state index is 12.5. The van der Waals surface area contributed by atoms with E-state index in [-0.39, 0.29) is 18.3 Å². The Morgan fingerprint density at radius 1 is 1.15 bits per heavy atom. The van der Waals surface area contributed by atoms with Gasteiger partial charge >= 0.3 is 11.7 Å². The summed E-state index contributed by atoms with van der Waals surface area (Å²) in [4.78, 5) is 27.1. The zero-order valence-electron chi connectivity index (χ0n) is 18.4. The lowest BCUT2D eigenvalue weighted by Gasteiger charge is -2.29. The number of hydrogen-bond acceptors (Lipinski definition) is 5. The van der Waals surface area contributed by atoms with Crippen molar-refractivity contribution in [2.75, 3.05) is 25.5 Å². The monoisotopic (exact) mass is 489 g/mol. The summed E-state index contributed by atoms with van der Waals surface area (Å²) in [5.41, 5.74) is 1.41. The molecule has 3 aromatic rings. The molecule has 2 heterocycles. The molecule has 0 bridgehead atoms. The highest BCUT2D eigenvalue weighted by atomic mass is 35.5. The lowest BCUT2D eigenvalue weighted by Crippen LogP contribution is -2.35. The second-order valence-electron chi connectivity index (χ2n) is 8.23. The summed E-state index contributed by atoms with van der Waals surface area (Å²) in [7, 11) is 2.10. The number of amides is 2. The first-order valence-corrected chi connectivity index (χ1v) is 11.5. The molecular formula is C24H25Cl2N3O4. The highest BCUT2D eigenvalue weighted by Crippen LogP contribution is 2.30. The van der Waals surface area contributed by atoms with Crippen molar-refractivity contribution in [2.45, 2.75) is 32.4 Å². The fourth-order valence-electron chi connectivity index (χ4n) is 3.80. The van der Waals surface area contributed by atoms with Gasteiger partial charge in [-0.15, -0.1) is 0 Å². The summed E-state index contributed by atoms with van der Waals surface area (Å²) in [5.74, 6) is 0.709. The number of piperidine rings is 1. The van der Waals surface area contributed by atoms with Crippen LogP contribution in [0.5, 0.6) is 5.75 Å². The third-order valence-corrected chi connectivity index (χ3v) is 6.48. The van der Waals surface area contributed by atoms with Gasteiger partial charge in [-0.2, -0.15) is 0 Å². The first-order valence-electron chi connectivity index (χ1n) is 10.7. The van der Waals surface area contributed by atoms with Gasteiger partial charge in [-0.3, -0.25) is 0 Å². The van der Waals surface area contributed by atoms with E-state index in [1.165, 1.54) is 0 Å². The number of urea groups is 1. The molecule has 0 radical (unpaired) electrons. The smallest absolute Gasteiger partial charge is 0.360 e. The van der Waals surface area contributed by atoms with Crippen molar-refractivity contribution in [1.82, 2.24) is 10.2 Å². The molecule has 1 saturated heterocycles. The molecule has 9 heteroatoms. The highest BCUT2D eigenvalue weighted by molar-refractivity contribution is 6.42. The number of ether oxygens (including phenoxy) is 1. The van der Waals surface area contributed by atoms with Gasteiger partial charge in [0.25, 0.3) is 0 Å². The SMILES string of the molecule is Cc1c(OC2CCN(C)CC2)ccc2cc(NC(=O)NCc3ccc(Cl)c(Cl)c3)c(=O)oc12. The van der Waals surface area contributed by atoms with E-state index in [2.05, 4.69) is 22.6 Å². The van der Waals surface area contributed by atoms with E-state index in [4.69, 9.17) is 32.4 Å². The molecule has 0 unspecified atom stereocenters. The van der Waals surface area contributed by atoms with E-state index in [0.717, 1.165) is 37.1 Å². The third-order valence-electron chi connectivity index (χ3n) is 5.75. The van der Waals surface area contributed by atoms with Gasteiger partial charge in [0.2, 0.25) is 0 Å². The zero-order chi connectivity index (χ0) is 23.5. The molecule has 2 N–H and O–H groups in total. The average Bonchev–Trinajstić information content (AvgIpc) is 2.79. The Hall–Kier alpha value is -2.74. The number of nitrogens with zero attached hydrogens (tertiary/aromatic N) is 1. The Labute approximate surface area is 201 Å². The molecule has 2 aromatic carbocycles. The van der Waals surface area contributed by atoms with Crippen LogP contribution in [0.2, 0.25) is 10.0 Å². The number of rotatable bonds is 5. The molecule has 7 nitrogen and oxygen atoms in total. The Morgan fingerprint density at radius 3 is 2.64 bits per heavy atom. The van der Waals surface area contributed by atoms with Crippen LogP contribution >= 0.6 is 23.2 Å². The minimum atomic E-state index is -0.633. The molecular weight excluding hydrogens is 465 g/mol. The van der Waals surface area contributed by atoms with Crippen molar-refractivity contribution in [3.8, 4) is 5.75 Å². The van der Waals surface area contributed by atoms with Crippen molar-refractivity contribution in [2.24, 2.45) is 0 Å². The van der Waals surface area contributed by atoms with Gasteiger partial charge in [0, 0.05) is 30.6 Å². The van der Waals surface area contributed by atoms with Crippen LogP contribution in [0.1, 0.15) is 24.0 Å². The maximum atomic E-state index is 12.5. The van der Waals surface area contributed by atoms with Crippen molar-refractivity contribution in [3.63, 3.8) is 0 Å². The summed E-state index contributed by atoms with van der Waals surface area (Å²) in [6.07, 6.45) is 2.06. The van der Waals surface area contributed by atoms with Crippen LogP contribution in [0, 0.1) is 6.92 Å². The Balaban J connectivity index is 1.45. The van der Waals surface area contributed by atoms with Crippen molar-refractivity contribution in [3.05, 3.63) is 68.0 Å². The lowest BCUT2D eigenvalue weighted by atomic mass is 10.1. The number of carbonyl (C=O) groups excluding carboxylic acids is 1. The van der Waals surface area contributed by atoms with Gasteiger partial charge in [-0.25, -0.2) is 9.59 Å². The van der Waals surface area contributed by atoms with Gasteiger partial charge < -0.3 is 24.7 Å². The molecule has 1 aliphatic rings. The fraction of sp³-hybridized carbons (Fsp3) is 0.333. The summed E-state index contributed by atoms with van der Waals surface area (Å²) >= 11 is 11.9. The zero-order valence-corrected chi connectivity index (χ0v) is 19.9. The van der Waals surface area contributed by atoms with Crippen LogP contribution in [-0.2, 0) is 6.54 Å². The van der Waals surface area contributed by atoms with Crippen LogP contribution < -0.4 is 21.0 Å². The van der Waals surface area contributed by atoms with Crippen LogP contribution in [0.4, 0.5) is 10.5 Å². The molecule has 0 spiro atoms. The number of anilines is 1.